The van der Waals surface area contributed by atoms with Crippen LogP contribution in [0.15, 0.2) is 35.2 Å². The van der Waals surface area contributed by atoms with Crippen molar-refractivity contribution in [2.24, 2.45) is 5.92 Å². The van der Waals surface area contributed by atoms with Gasteiger partial charge >= 0.3 is 0 Å². The van der Waals surface area contributed by atoms with Gasteiger partial charge in [0.25, 0.3) is 5.91 Å². The number of anilines is 1. The Kier molecular flexibility index (Phi) is 4.67. The normalized spacial score (nSPS) is 18.4. The summed E-state index contributed by atoms with van der Waals surface area (Å²) < 4.78 is 23.1. The number of sulfone groups is 1. The molecular formula is C15H20N2O3S. The zero-order valence-corrected chi connectivity index (χ0v) is 12.8. The van der Waals surface area contributed by atoms with E-state index < -0.39 is 9.84 Å². The maximum Gasteiger partial charge on any atom is 0.251 e. The van der Waals surface area contributed by atoms with Crippen LogP contribution in [-0.4, -0.2) is 27.1 Å². The van der Waals surface area contributed by atoms with E-state index in [4.69, 9.17) is 5.73 Å². The second-order valence-corrected chi connectivity index (χ2v) is 7.44. The summed E-state index contributed by atoms with van der Waals surface area (Å²) in [6.07, 6.45) is 8.43. The average Bonchev–Trinajstić information content (AvgIpc) is 2.44. The molecule has 0 spiro atoms. The number of carbonyl (C=O) groups is 1. The maximum atomic E-state index is 12.1. The standard InChI is InChI=1S/C15H20N2O3S/c1-21(19,20)14-8-12(7-13(16)9-14)15(18)17-10-11-5-3-2-4-6-11/h2-3,7-9,11H,4-6,10,16H2,1H3,(H,17,18). The van der Waals surface area contributed by atoms with Gasteiger partial charge in [-0.15, -0.1) is 0 Å². The van der Waals surface area contributed by atoms with Gasteiger partial charge in [-0.3, -0.25) is 4.79 Å². The molecule has 1 atom stereocenters. The molecule has 0 saturated heterocycles. The highest BCUT2D eigenvalue weighted by Crippen LogP contribution is 2.19. The molecule has 0 aliphatic heterocycles. The van der Waals surface area contributed by atoms with Crippen molar-refractivity contribution >= 4 is 21.4 Å². The number of allylic oxidation sites excluding steroid dienone is 2. The minimum absolute atomic E-state index is 0.0632. The molecule has 0 radical (unpaired) electrons. The van der Waals surface area contributed by atoms with Gasteiger partial charge in [0.15, 0.2) is 9.84 Å². The highest BCUT2D eigenvalue weighted by molar-refractivity contribution is 7.90. The van der Waals surface area contributed by atoms with E-state index in [0.29, 0.717) is 12.5 Å². The van der Waals surface area contributed by atoms with Crippen molar-refractivity contribution in [3.8, 4) is 0 Å². The second kappa shape index (κ2) is 6.30. The average molecular weight is 308 g/mol. The molecule has 21 heavy (non-hydrogen) atoms. The Morgan fingerprint density at radius 3 is 2.71 bits per heavy atom. The first-order valence-electron chi connectivity index (χ1n) is 6.90. The quantitative estimate of drug-likeness (QED) is 0.655. The lowest BCUT2D eigenvalue weighted by molar-refractivity contribution is 0.0946. The fourth-order valence-electron chi connectivity index (χ4n) is 2.35. The lowest BCUT2D eigenvalue weighted by Crippen LogP contribution is -2.29. The van der Waals surface area contributed by atoms with Crippen LogP contribution in [0.4, 0.5) is 5.69 Å². The summed E-state index contributed by atoms with van der Waals surface area (Å²) in [5, 5.41) is 2.85. The van der Waals surface area contributed by atoms with E-state index in [1.807, 2.05) is 0 Å². The van der Waals surface area contributed by atoms with Crippen LogP contribution in [0.2, 0.25) is 0 Å². The van der Waals surface area contributed by atoms with Crippen LogP contribution in [0.3, 0.4) is 0 Å². The van der Waals surface area contributed by atoms with Gasteiger partial charge in [0.05, 0.1) is 4.90 Å². The lowest BCUT2D eigenvalue weighted by Gasteiger charge is -2.18. The van der Waals surface area contributed by atoms with Crippen molar-refractivity contribution in [3.05, 3.63) is 35.9 Å². The van der Waals surface area contributed by atoms with Gasteiger partial charge in [-0.1, -0.05) is 12.2 Å². The molecular weight excluding hydrogens is 288 g/mol. The fourth-order valence-corrected chi connectivity index (χ4v) is 3.04. The number of rotatable bonds is 4. The topological polar surface area (TPSA) is 89.3 Å². The first kappa shape index (κ1) is 15.6. The van der Waals surface area contributed by atoms with Crippen LogP contribution in [-0.2, 0) is 9.84 Å². The molecule has 0 aromatic heterocycles. The Bertz CT molecular complexity index is 665. The third-order valence-corrected chi connectivity index (χ3v) is 4.64. The van der Waals surface area contributed by atoms with E-state index in [2.05, 4.69) is 17.5 Å². The summed E-state index contributed by atoms with van der Waals surface area (Å²) in [6.45, 7) is 0.589. The number of amides is 1. The van der Waals surface area contributed by atoms with Crippen LogP contribution in [0.25, 0.3) is 0 Å². The molecule has 0 heterocycles. The highest BCUT2D eigenvalue weighted by atomic mass is 32.2. The van der Waals surface area contributed by atoms with Gasteiger partial charge in [0, 0.05) is 24.1 Å². The van der Waals surface area contributed by atoms with Crippen molar-refractivity contribution in [2.45, 2.75) is 24.2 Å². The number of carbonyl (C=O) groups excluding carboxylic acids is 1. The Morgan fingerprint density at radius 1 is 1.33 bits per heavy atom. The van der Waals surface area contributed by atoms with Gasteiger partial charge in [0.1, 0.15) is 0 Å². The minimum Gasteiger partial charge on any atom is -0.399 e. The summed E-state index contributed by atoms with van der Waals surface area (Å²) >= 11 is 0. The number of hydrogen-bond donors (Lipinski definition) is 2. The number of nitrogens with two attached hydrogens (primary N) is 1. The molecule has 5 nitrogen and oxygen atoms in total. The van der Waals surface area contributed by atoms with Crippen LogP contribution in [0, 0.1) is 5.92 Å². The van der Waals surface area contributed by atoms with E-state index in [1.165, 1.54) is 18.2 Å². The van der Waals surface area contributed by atoms with Crippen molar-refractivity contribution < 1.29 is 13.2 Å². The largest absolute Gasteiger partial charge is 0.399 e. The van der Waals surface area contributed by atoms with E-state index in [1.54, 1.807) is 0 Å². The molecule has 3 N–H and O–H groups in total. The van der Waals surface area contributed by atoms with Crippen LogP contribution in [0.1, 0.15) is 29.6 Å². The van der Waals surface area contributed by atoms with E-state index in [-0.39, 0.29) is 22.1 Å². The smallest absolute Gasteiger partial charge is 0.251 e. The molecule has 0 fully saturated rings. The third-order valence-electron chi connectivity index (χ3n) is 3.55. The predicted octanol–water partition coefficient (Wildman–Crippen LogP) is 1.76. The summed E-state index contributed by atoms with van der Waals surface area (Å²) in [5.74, 6) is 0.149. The zero-order valence-electron chi connectivity index (χ0n) is 12.0. The molecule has 1 aliphatic rings. The minimum atomic E-state index is -3.39. The summed E-state index contributed by atoms with van der Waals surface area (Å²) in [6, 6.07) is 4.21. The molecule has 6 heteroatoms. The fraction of sp³-hybridized carbons (Fsp3) is 0.400. The molecule has 1 aliphatic carbocycles. The van der Waals surface area contributed by atoms with Crippen molar-refractivity contribution in [1.29, 1.82) is 0 Å². The molecule has 0 bridgehead atoms. The molecule has 0 saturated carbocycles. The Balaban J connectivity index is 2.08. The van der Waals surface area contributed by atoms with Crippen LogP contribution < -0.4 is 11.1 Å². The van der Waals surface area contributed by atoms with E-state index >= 15 is 0 Å². The van der Waals surface area contributed by atoms with E-state index in [0.717, 1.165) is 25.5 Å². The SMILES string of the molecule is CS(=O)(=O)c1cc(N)cc(C(=O)NCC2CC=CCC2)c1. The summed E-state index contributed by atoms with van der Waals surface area (Å²) in [5.41, 5.74) is 6.23. The molecule has 1 unspecified atom stereocenters. The van der Waals surface area contributed by atoms with Gasteiger partial charge in [-0.05, 0) is 43.4 Å². The Labute approximate surface area is 125 Å². The first-order valence-corrected chi connectivity index (χ1v) is 8.79. The molecule has 1 amide bonds. The monoisotopic (exact) mass is 308 g/mol. The zero-order chi connectivity index (χ0) is 15.5. The van der Waals surface area contributed by atoms with Crippen molar-refractivity contribution in [1.82, 2.24) is 5.32 Å². The van der Waals surface area contributed by atoms with Gasteiger partial charge in [0.2, 0.25) is 0 Å². The number of nitrogens with one attached hydrogen (secondary N) is 1. The maximum absolute atomic E-state index is 12.1. The highest BCUT2D eigenvalue weighted by Gasteiger charge is 2.15. The van der Waals surface area contributed by atoms with Crippen molar-refractivity contribution in [3.63, 3.8) is 0 Å². The molecule has 1 aromatic rings. The number of nitrogen functional groups attached to an aromatic ring is 1. The number of hydrogen-bond acceptors (Lipinski definition) is 4. The van der Waals surface area contributed by atoms with Gasteiger partial charge in [-0.25, -0.2) is 8.42 Å². The molecule has 1 aromatic carbocycles. The van der Waals surface area contributed by atoms with E-state index in [9.17, 15) is 13.2 Å². The second-order valence-electron chi connectivity index (χ2n) is 5.42. The Morgan fingerprint density at radius 2 is 2.10 bits per heavy atom. The van der Waals surface area contributed by atoms with Crippen LogP contribution in [0.5, 0.6) is 0 Å². The Hall–Kier alpha value is -1.82. The summed E-state index contributed by atoms with van der Waals surface area (Å²) in [4.78, 5) is 12.2. The molecule has 2 rings (SSSR count). The van der Waals surface area contributed by atoms with Gasteiger partial charge in [-0.2, -0.15) is 0 Å². The predicted molar refractivity (Wildman–Crippen MR) is 82.8 cm³/mol. The molecule has 114 valence electrons. The number of benzene rings is 1. The van der Waals surface area contributed by atoms with Gasteiger partial charge < -0.3 is 11.1 Å². The summed E-state index contributed by atoms with van der Waals surface area (Å²) in [7, 11) is -3.39. The van der Waals surface area contributed by atoms with Crippen molar-refractivity contribution in [2.75, 3.05) is 18.5 Å². The lowest BCUT2D eigenvalue weighted by atomic mass is 9.94. The third kappa shape index (κ3) is 4.32. The first-order chi connectivity index (χ1) is 9.86. The van der Waals surface area contributed by atoms with Crippen LogP contribution >= 0.6 is 0 Å².